The molecule has 0 bridgehead atoms. The predicted molar refractivity (Wildman–Crippen MR) is 66.4 cm³/mol. The molecule has 1 aromatic carbocycles. The molecule has 1 saturated heterocycles. The molecule has 2 heterocycles. The van der Waals surface area contributed by atoms with Gasteiger partial charge in [-0.25, -0.2) is 10.9 Å². The fourth-order valence-electron chi connectivity index (χ4n) is 2.68. The summed E-state index contributed by atoms with van der Waals surface area (Å²) in [6, 6.07) is 5.23. The molecule has 1 fully saturated rings. The minimum atomic E-state index is -1.09. The van der Waals surface area contributed by atoms with Crippen molar-refractivity contribution in [3.63, 3.8) is 0 Å². The summed E-state index contributed by atoms with van der Waals surface area (Å²) in [7, 11) is 0. The predicted octanol–water partition coefficient (Wildman–Crippen LogP) is 0.180. The molecular formula is C13H16N2O4. The first-order valence-electron chi connectivity index (χ1n) is 6.34. The highest BCUT2D eigenvalue weighted by atomic mass is 16.5. The fraction of sp³-hybridized carbons (Fsp3) is 0.462. The van der Waals surface area contributed by atoms with Crippen molar-refractivity contribution in [2.75, 3.05) is 6.61 Å². The zero-order chi connectivity index (χ0) is 13.4. The van der Waals surface area contributed by atoms with E-state index in [4.69, 9.17) is 4.74 Å². The van der Waals surface area contributed by atoms with Gasteiger partial charge in [0.15, 0.2) is 0 Å². The monoisotopic (exact) mass is 264 g/mol. The van der Waals surface area contributed by atoms with E-state index in [2.05, 4.69) is 10.9 Å². The van der Waals surface area contributed by atoms with Gasteiger partial charge in [0.1, 0.15) is 17.9 Å². The van der Waals surface area contributed by atoms with Gasteiger partial charge in [-0.15, -0.1) is 0 Å². The van der Waals surface area contributed by atoms with Crippen molar-refractivity contribution in [1.82, 2.24) is 10.9 Å². The van der Waals surface area contributed by atoms with E-state index >= 15 is 0 Å². The van der Waals surface area contributed by atoms with Gasteiger partial charge in [0.2, 0.25) is 0 Å². The summed E-state index contributed by atoms with van der Waals surface area (Å²) in [6.45, 7) is 0.728. The van der Waals surface area contributed by atoms with E-state index < -0.39 is 24.2 Å². The van der Waals surface area contributed by atoms with Crippen LogP contribution in [0, 0.1) is 5.92 Å². The molecule has 6 nitrogen and oxygen atoms in total. The van der Waals surface area contributed by atoms with Crippen LogP contribution in [-0.4, -0.2) is 29.0 Å². The number of rotatable bonds is 2. The van der Waals surface area contributed by atoms with Crippen molar-refractivity contribution in [2.24, 2.45) is 5.92 Å². The molecule has 0 radical (unpaired) electrons. The zero-order valence-electron chi connectivity index (χ0n) is 10.3. The maximum absolute atomic E-state index is 11.2. The lowest BCUT2D eigenvalue weighted by Gasteiger charge is -2.21. The summed E-state index contributed by atoms with van der Waals surface area (Å²) in [6.07, 6.45) is 0.816. The topological polar surface area (TPSA) is 90.8 Å². The van der Waals surface area contributed by atoms with Crippen LogP contribution in [0.4, 0.5) is 0 Å². The summed E-state index contributed by atoms with van der Waals surface area (Å²) in [5.74, 6) is -1.06. The molecule has 19 heavy (non-hydrogen) atoms. The second kappa shape index (κ2) is 4.80. The summed E-state index contributed by atoms with van der Waals surface area (Å²) in [5.41, 5.74) is 7.35. The van der Waals surface area contributed by atoms with Gasteiger partial charge in [0, 0.05) is 0 Å². The Kier molecular flexibility index (Phi) is 3.14. The summed E-state index contributed by atoms with van der Waals surface area (Å²) >= 11 is 0. The molecule has 0 spiro atoms. The van der Waals surface area contributed by atoms with Gasteiger partial charge in [-0.05, 0) is 30.0 Å². The van der Waals surface area contributed by atoms with E-state index in [1.807, 2.05) is 18.2 Å². The van der Waals surface area contributed by atoms with Gasteiger partial charge >= 0.3 is 5.97 Å². The van der Waals surface area contributed by atoms with Crippen LogP contribution in [0.2, 0.25) is 0 Å². The van der Waals surface area contributed by atoms with Gasteiger partial charge in [-0.2, -0.15) is 0 Å². The number of aliphatic hydroxyl groups excluding tert-OH is 1. The molecule has 102 valence electrons. The number of ether oxygens (including phenoxy) is 1. The van der Waals surface area contributed by atoms with Crippen molar-refractivity contribution in [1.29, 1.82) is 0 Å². The van der Waals surface area contributed by atoms with Crippen molar-refractivity contribution in [3.05, 3.63) is 29.3 Å². The number of aliphatic carboxylic acids is 1. The van der Waals surface area contributed by atoms with Crippen LogP contribution in [0.25, 0.3) is 0 Å². The molecule has 0 amide bonds. The third-order valence-corrected chi connectivity index (χ3v) is 3.66. The summed E-state index contributed by atoms with van der Waals surface area (Å²) in [4.78, 5) is 11.2. The third kappa shape index (κ3) is 2.18. The number of aryl methyl sites for hydroxylation is 1. The Bertz CT molecular complexity index is 505. The lowest BCUT2D eigenvalue weighted by Crippen LogP contribution is -2.33. The Labute approximate surface area is 110 Å². The smallest absolute Gasteiger partial charge is 0.312 e. The number of nitrogens with one attached hydrogen (secondary N) is 2. The molecular weight excluding hydrogens is 248 g/mol. The number of hydrazine groups is 1. The van der Waals surface area contributed by atoms with Gasteiger partial charge in [-0.1, -0.05) is 12.1 Å². The standard InChI is InChI=1S/C13H16N2O4/c16-12-10(13(17)18)11(14-15-12)8-3-4-9-7(6-8)2-1-5-19-9/h3-4,6,10-12,14-16H,1-2,5H2,(H,17,18). The molecule has 3 rings (SSSR count). The van der Waals surface area contributed by atoms with Gasteiger partial charge in [0.05, 0.1) is 12.6 Å². The number of benzene rings is 1. The normalized spacial score (nSPS) is 29.6. The summed E-state index contributed by atoms with van der Waals surface area (Å²) in [5, 5.41) is 18.8. The number of carbonyl (C=O) groups is 1. The van der Waals surface area contributed by atoms with Crippen LogP contribution in [0.5, 0.6) is 5.75 Å². The van der Waals surface area contributed by atoms with Crippen LogP contribution >= 0.6 is 0 Å². The van der Waals surface area contributed by atoms with Crippen molar-refractivity contribution >= 4 is 5.97 Å². The largest absolute Gasteiger partial charge is 0.493 e. The minimum absolute atomic E-state index is 0.445. The molecule has 0 aliphatic carbocycles. The van der Waals surface area contributed by atoms with Crippen molar-refractivity contribution in [2.45, 2.75) is 25.1 Å². The Balaban J connectivity index is 1.91. The first-order valence-corrected chi connectivity index (χ1v) is 6.34. The fourth-order valence-corrected chi connectivity index (χ4v) is 2.68. The second-order valence-corrected chi connectivity index (χ2v) is 4.89. The highest BCUT2D eigenvalue weighted by Gasteiger charge is 2.41. The van der Waals surface area contributed by atoms with Crippen molar-refractivity contribution < 1.29 is 19.7 Å². The van der Waals surface area contributed by atoms with Gasteiger partial charge in [-0.3, -0.25) is 4.79 Å². The molecule has 4 N–H and O–H groups in total. The first-order chi connectivity index (χ1) is 9.16. The van der Waals surface area contributed by atoms with Gasteiger partial charge in [0.25, 0.3) is 0 Å². The average molecular weight is 264 g/mol. The van der Waals surface area contributed by atoms with E-state index in [1.54, 1.807) is 0 Å². The van der Waals surface area contributed by atoms with Gasteiger partial charge < -0.3 is 14.9 Å². The molecule has 2 aliphatic rings. The number of aliphatic hydroxyl groups is 1. The van der Waals surface area contributed by atoms with Crippen LogP contribution in [0.1, 0.15) is 23.6 Å². The Hall–Kier alpha value is -1.63. The Morgan fingerprint density at radius 2 is 2.21 bits per heavy atom. The van der Waals surface area contributed by atoms with E-state index in [1.165, 1.54) is 0 Å². The zero-order valence-corrected chi connectivity index (χ0v) is 10.3. The number of carboxylic acids is 1. The highest BCUT2D eigenvalue weighted by molar-refractivity contribution is 5.72. The molecule has 1 aromatic rings. The quantitative estimate of drug-likeness (QED) is 0.609. The maximum atomic E-state index is 11.2. The third-order valence-electron chi connectivity index (χ3n) is 3.66. The van der Waals surface area contributed by atoms with E-state index in [-0.39, 0.29) is 0 Å². The molecule has 6 heteroatoms. The number of hydrogen-bond acceptors (Lipinski definition) is 5. The number of carboxylic acid groups (broad SMARTS) is 1. The Morgan fingerprint density at radius 3 is 3.00 bits per heavy atom. The number of fused-ring (bicyclic) bond motifs is 1. The second-order valence-electron chi connectivity index (χ2n) is 4.89. The maximum Gasteiger partial charge on any atom is 0.312 e. The van der Waals surface area contributed by atoms with E-state index in [0.717, 1.165) is 36.3 Å². The molecule has 0 saturated carbocycles. The lowest BCUT2D eigenvalue weighted by molar-refractivity contribution is -0.145. The van der Waals surface area contributed by atoms with Crippen molar-refractivity contribution in [3.8, 4) is 5.75 Å². The lowest BCUT2D eigenvalue weighted by atomic mass is 9.91. The molecule has 2 aliphatic heterocycles. The molecule has 3 unspecified atom stereocenters. The van der Waals surface area contributed by atoms with Crippen LogP contribution in [0.3, 0.4) is 0 Å². The van der Waals surface area contributed by atoms with Crippen LogP contribution < -0.4 is 15.6 Å². The Morgan fingerprint density at radius 1 is 1.37 bits per heavy atom. The minimum Gasteiger partial charge on any atom is -0.493 e. The van der Waals surface area contributed by atoms with E-state index in [9.17, 15) is 15.0 Å². The summed E-state index contributed by atoms with van der Waals surface area (Å²) < 4.78 is 5.53. The van der Waals surface area contributed by atoms with E-state index in [0.29, 0.717) is 0 Å². The van der Waals surface area contributed by atoms with Crippen LogP contribution in [0.15, 0.2) is 18.2 Å². The highest BCUT2D eigenvalue weighted by Crippen LogP contribution is 2.33. The van der Waals surface area contributed by atoms with Crippen LogP contribution in [-0.2, 0) is 11.2 Å². The SMILES string of the molecule is O=C(O)C1C(O)NNC1c1ccc2c(c1)CCCO2. The molecule has 0 aromatic heterocycles. The average Bonchev–Trinajstić information content (AvgIpc) is 2.80. The first kappa shape index (κ1) is 12.4. The number of hydrogen-bond donors (Lipinski definition) is 4. The molecule has 3 atom stereocenters.